The van der Waals surface area contributed by atoms with Gasteiger partial charge in [-0.1, -0.05) is 23.9 Å². The molecule has 2 atom stereocenters. The Morgan fingerprint density at radius 3 is 2.79 bits per heavy atom. The second-order valence-corrected chi connectivity index (χ2v) is 7.60. The van der Waals surface area contributed by atoms with Gasteiger partial charge in [-0.25, -0.2) is 4.98 Å². The molecule has 2 aromatic heterocycles. The lowest BCUT2D eigenvalue weighted by atomic mass is 10.1. The Hall–Kier alpha value is -0.880. The maximum atomic E-state index is 6.13. The Morgan fingerprint density at radius 1 is 1.26 bits per heavy atom. The molecular weight excluding hydrogens is 292 g/mol. The van der Waals surface area contributed by atoms with E-state index in [0.717, 1.165) is 9.86 Å². The van der Waals surface area contributed by atoms with Crippen molar-refractivity contribution >= 4 is 44.7 Å². The van der Waals surface area contributed by atoms with Gasteiger partial charge in [0.05, 0.1) is 15.5 Å². The first-order valence-corrected chi connectivity index (χ1v) is 8.68. The van der Waals surface area contributed by atoms with E-state index in [1.807, 2.05) is 6.07 Å². The Morgan fingerprint density at radius 2 is 2.11 bits per heavy atom. The van der Waals surface area contributed by atoms with Crippen molar-refractivity contribution in [2.45, 2.75) is 22.6 Å². The molecule has 98 valence electrons. The summed E-state index contributed by atoms with van der Waals surface area (Å²) in [4.78, 5) is 4.67. The van der Waals surface area contributed by atoms with Gasteiger partial charge in [-0.2, -0.15) is 11.3 Å². The summed E-state index contributed by atoms with van der Waals surface area (Å²) in [5.74, 6) is 0. The smallest absolute Gasteiger partial charge is 0.151 e. The van der Waals surface area contributed by atoms with Crippen molar-refractivity contribution in [2.75, 3.05) is 0 Å². The van der Waals surface area contributed by atoms with Crippen LogP contribution in [0.4, 0.5) is 0 Å². The zero-order chi connectivity index (χ0) is 13.2. The first-order chi connectivity index (χ1) is 9.24. The summed E-state index contributed by atoms with van der Waals surface area (Å²) in [6.07, 6.45) is 0. The van der Waals surface area contributed by atoms with Gasteiger partial charge in [-0.15, -0.1) is 11.3 Å². The maximum Gasteiger partial charge on any atom is 0.151 e. The van der Waals surface area contributed by atoms with Crippen LogP contribution in [-0.4, -0.2) is 11.0 Å². The number of para-hydroxylation sites is 1. The van der Waals surface area contributed by atoms with E-state index in [0.29, 0.717) is 0 Å². The van der Waals surface area contributed by atoms with Gasteiger partial charge in [0.2, 0.25) is 0 Å². The van der Waals surface area contributed by atoms with Crippen molar-refractivity contribution < 1.29 is 0 Å². The normalized spacial score (nSPS) is 14.6. The number of nitrogens with zero attached hydrogens (tertiary/aromatic N) is 1. The molecule has 0 saturated carbocycles. The van der Waals surface area contributed by atoms with Crippen LogP contribution in [0.5, 0.6) is 0 Å². The third kappa shape index (κ3) is 2.84. The second kappa shape index (κ2) is 5.63. The molecule has 0 radical (unpaired) electrons. The van der Waals surface area contributed by atoms with Gasteiger partial charge < -0.3 is 5.73 Å². The quantitative estimate of drug-likeness (QED) is 0.719. The number of thiazole rings is 1. The fourth-order valence-electron chi connectivity index (χ4n) is 1.93. The first kappa shape index (κ1) is 13.1. The Balaban J connectivity index is 1.89. The van der Waals surface area contributed by atoms with E-state index in [-0.39, 0.29) is 11.3 Å². The average Bonchev–Trinajstić information content (AvgIpc) is 3.04. The third-order valence-corrected chi connectivity index (χ3v) is 6.17. The number of thioether (sulfide) groups is 1. The lowest BCUT2D eigenvalue weighted by Gasteiger charge is -2.17. The van der Waals surface area contributed by atoms with Crippen molar-refractivity contribution in [2.24, 2.45) is 5.73 Å². The fraction of sp³-hybridized carbons (Fsp3) is 0.214. The predicted octanol–water partition coefficient (Wildman–Crippen LogP) is 4.54. The fourth-order valence-corrected chi connectivity index (χ4v) is 5.04. The molecule has 0 saturated heterocycles. The summed E-state index contributed by atoms with van der Waals surface area (Å²) in [5, 5.41) is 4.55. The van der Waals surface area contributed by atoms with Crippen LogP contribution in [0.3, 0.4) is 0 Å². The van der Waals surface area contributed by atoms with Gasteiger partial charge >= 0.3 is 0 Å². The van der Waals surface area contributed by atoms with Gasteiger partial charge in [0.25, 0.3) is 0 Å². The Bertz CT molecular complexity index is 625. The second-order valence-electron chi connectivity index (χ2n) is 4.40. The Kier molecular flexibility index (Phi) is 3.88. The van der Waals surface area contributed by atoms with E-state index in [2.05, 4.69) is 46.9 Å². The molecule has 2 unspecified atom stereocenters. The number of aromatic nitrogens is 1. The molecule has 0 amide bonds. The van der Waals surface area contributed by atoms with Crippen molar-refractivity contribution in [3.8, 4) is 0 Å². The van der Waals surface area contributed by atoms with Gasteiger partial charge in [-0.3, -0.25) is 0 Å². The zero-order valence-electron chi connectivity index (χ0n) is 10.4. The highest BCUT2D eigenvalue weighted by Crippen LogP contribution is 2.41. The number of hydrogen-bond donors (Lipinski definition) is 1. The molecular formula is C14H14N2S3. The number of benzene rings is 1. The first-order valence-electron chi connectivity index (χ1n) is 6.04. The van der Waals surface area contributed by atoms with Crippen LogP contribution < -0.4 is 5.73 Å². The van der Waals surface area contributed by atoms with Crippen LogP contribution >= 0.6 is 34.4 Å². The van der Waals surface area contributed by atoms with Crippen molar-refractivity contribution in [3.05, 3.63) is 46.7 Å². The van der Waals surface area contributed by atoms with Crippen LogP contribution in [0.2, 0.25) is 0 Å². The molecule has 0 spiro atoms. The van der Waals surface area contributed by atoms with Crippen molar-refractivity contribution in [1.29, 1.82) is 0 Å². The lowest BCUT2D eigenvalue weighted by molar-refractivity contribution is 0.723. The highest BCUT2D eigenvalue weighted by atomic mass is 32.2. The van der Waals surface area contributed by atoms with Gasteiger partial charge in [-0.05, 0) is 41.4 Å². The minimum Gasteiger partial charge on any atom is -0.327 e. The zero-order valence-corrected chi connectivity index (χ0v) is 12.9. The summed E-state index contributed by atoms with van der Waals surface area (Å²) < 4.78 is 2.33. The molecule has 5 heteroatoms. The molecule has 0 bridgehead atoms. The molecule has 1 aromatic carbocycles. The van der Waals surface area contributed by atoms with Gasteiger partial charge in [0, 0.05) is 6.04 Å². The topological polar surface area (TPSA) is 38.9 Å². The highest BCUT2D eigenvalue weighted by molar-refractivity contribution is 8.01. The molecule has 0 aliphatic carbocycles. The van der Waals surface area contributed by atoms with Crippen molar-refractivity contribution in [3.63, 3.8) is 0 Å². The molecule has 3 rings (SSSR count). The standard InChI is InChI=1S/C14H14N2S3/c1-9(15)13(10-6-7-17-8-10)19-14-16-11-4-2-3-5-12(11)18-14/h2-9,13H,15H2,1H3. The van der Waals surface area contributed by atoms with E-state index in [9.17, 15) is 0 Å². The summed E-state index contributed by atoms with van der Waals surface area (Å²) in [7, 11) is 0. The largest absolute Gasteiger partial charge is 0.327 e. The van der Waals surface area contributed by atoms with E-state index in [4.69, 9.17) is 5.73 Å². The number of hydrogen-bond acceptors (Lipinski definition) is 5. The number of fused-ring (bicyclic) bond motifs is 1. The summed E-state index contributed by atoms with van der Waals surface area (Å²) in [6.45, 7) is 2.06. The Labute approximate surface area is 124 Å². The third-order valence-electron chi connectivity index (χ3n) is 2.85. The van der Waals surface area contributed by atoms with Crippen LogP contribution in [0.1, 0.15) is 17.7 Å². The average molecular weight is 306 g/mol. The van der Waals surface area contributed by atoms with Crippen LogP contribution in [0, 0.1) is 0 Å². The predicted molar refractivity (Wildman–Crippen MR) is 86.2 cm³/mol. The molecule has 2 nitrogen and oxygen atoms in total. The molecule has 2 N–H and O–H groups in total. The molecule has 0 fully saturated rings. The number of rotatable bonds is 4. The van der Waals surface area contributed by atoms with E-state index in [1.165, 1.54) is 10.3 Å². The number of thiophene rings is 1. The highest BCUT2D eigenvalue weighted by Gasteiger charge is 2.20. The van der Waals surface area contributed by atoms with E-state index < -0.39 is 0 Å². The molecule has 3 aromatic rings. The maximum absolute atomic E-state index is 6.13. The SMILES string of the molecule is CC(N)C(Sc1nc2ccccc2s1)c1ccsc1. The lowest BCUT2D eigenvalue weighted by Crippen LogP contribution is -2.22. The van der Waals surface area contributed by atoms with Gasteiger partial charge in [0.1, 0.15) is 0 Å². The van der Waals surface area contributed by atoms with Crippen LogP contribution in [-0.2, 0) is 0 Å². The summed E-state index contributed by atoms with van der Waals surface area (Å²) >= 11 is 5.22. The number of nitrogens with two attached hydrogens (primary N) is 1. The molecule has 19 heavy (non-hydrogen) atoms. The van der Waals surface area contributed by atoms with Crippen LogP contribution in [0.25, 0.3) is 10.2 Å². The minimum atomic E-state index is 0.103. The van der Waals surface area contributed by atoms with E-state index >= 15 is 0 Å². The summed E-state index contributed by atoms with van der Waals surface area (Å²) in [5.41, 5.74) is 8.50. The molecule has 0 aliphatic rings. The van der Waals surface area contributed by atoms with Crippen molar-refractivity contribution in [1.82, 2.24) is 4.98 Å². The van der Waals surface area contributed by atoms with Crippen LogP contribution in [0.15, 0.2) is 45.4 Å². The van der Waals surface area contributed by atoms with E-state index in [1.54, 1.807) is 34.4 Å². The minimum absolute atomic E-state index is 0.103. The molecule has 0 aliphatic heterocycles. The monoisotopic (exact) mass is 306 g/mol. The summed E-state index contributed by atoms with van der Waals surface area (Å²) in [6, 6.07) is 10.5. The molecule has 2 heterocycles. The van der Waals surface area contributed by atoms with Gasteiger partial charge in [0.15, 0.2) is 4.34 Å².